The van der Waals surface area contributed by atoms with Crippen LogP contribution >= 0.6 is 0 Å². The second kappa shape index (κ2) is 12.4. The van der Waals surface area contributed by atoms with Gasteiger partial charge >= 0.3 is 0 Å². The van der Waals surface area contributed by atoms with Crippen LogP contribution in [0.3, 0.4) is 0 Å². The van der Waals surface area contributed by atoms with Crippen molar-refractivity contribution in [1.82, 2.24) is 9.97 Å². The topological polar surface area (TPSA) is 38.9 Å². The maximum atomic E-state index is 6.01. The van der Waals surface area contributed by atoms with Crippen molar-refractivity contribution < 1.29 is 24.5 Å². The summed E-state index contributed by atoms with van der Waals surface area (Å²) in [7, 11) is 0. The predicted molar refractivity (Wildman–Crippen MR) is 130 cm³/mol. The predicted octanol–water partition coefficient (Wildman–Crippen LogP) is 7.32. The number of benzene rings is 3. The molecule has 0 aliphatic rings. The normalized spacial score (nSPS) is 9.73. The Morgan fingerprint density at radius 3 is 2.06 bits per heavy atom. The van der Waals surface area contributed by atoms with Gasteiger partial charge < -0.3 is 9.40 Å². The van der Waals surface area contributed by atoms with Crippen molar-refractivity contribution in [1.29, 1.82) is 0 Å². The second-order valence-corrected chi connectivity index (χ2v) is 6.96. The number of para-hydroxylation sites is 1. The van der Waals surface area contributed by atoms with E-state index >= 15 is 0 Å². The zero-order chi connectivity index (χ0) is 22.0. The molecule has 3 aromatic heterocycles. The Labute approximate surface area is 207 Å². The molecule has 0 aliphatic heterocycles. The molecule has 6 rings (SSSR count). The Morgan fingerprint density at radius 1 is 0.697 bits per heavy atom. The molecule has 3 aromatic carbocycles. The third-order valence-electron chi connectivity index (χ3n) is 4.66. The van der Waals surface area contributed by atoms with Gasteiger partial charge in [-0.3, -0.25) is 4.98 Å². The van der Waals surface area contributed by atoms with Crippen LogP contribution in [0, 0.1) is 19.1 Å². The van der Waals surface area contributed by atoms with Gasteiger partial charge in [0.05, 0.1) is 5.58 Å². The summed E-state index contributed by atoms with van der Waals surface area (Å²) in [6.45, 7) is 1.99. The van der Waals surface area contributed by atoms with Gasteiger partial charge in [0, 0.05) is 43.6 Å². The summed E-state index contributed by atoms with van der Waals surface area (Å²) in [5.74, 6) is 0. The van der Waals surface area contributed by atoms with E-state index in [0.29, 0.717) is 0 Å². The minimum atomic E-state index is 0. The van der Waals surface area contributed by atoms with E-state index < -0.39 is 0 Å². The van der Waals surface area contributed by atoms with Crippen molar-refractivity contribution in [3.63, 3.8) is 0 Å². The minimum Gasteiger partial charge on any atom is -0.501 e. The summed E-state index contributed by atoms with van der Waals surface area (Å²) in [6.07, 6.45) is 3.50. The minimum absolute atomic E-state index is 0. The second-order valence-electron chi connectivity index (χ2n) is 6.96. The standard InChI is InChI=1S/C18H12NO.C6H5.C5H5N.Ir/c1-12-6-4-10-16(19-12)15-9-5-8-14-13-7-2-3-11-17(13)20-18(14)15;2*1-2-4-6-5-3-1;/h2-8,10-11H,1H3;2*1-5H;/q2*-1;;. The number of hydrogen-bond acceptors (Lipinski definition) is 3. The number of rotatable bonds is 1. The van der Waals surface area contributed by atoms with Crippen LogP contribution in [0.1, 0.15) is 5.69 Å². The van der Waals surface area contributed by atoms with E-state index in [-0.39, 0.29) is 20.1 Å². The van der Waals surface area contributed by atoms with E-state index in [1.54, 1.807) is 12.4 Å². The monoisotopic (exact) mass is 607 g/mol. The molecule has 4 heteroatoms. The number of nitrogens with zero attached hydrogens (tertiary/aromatic N) is 2. The van der Waals surface area contributed by atoms with Crippen LogP contribution in [-0.2, 0) is 20.1 Å². The summed E-state index contributed by atoms with van der Waals surface area (Å²) in [4.78, 5) is 8.36. The van der Waals surface area contributed by atoms with Crippen LogP contribution in [-0.4, -0.2) is 9.97 Å². The zero-order valence-corrected chi connectivity index (χ0v) is 20.5. The Bertz CT molecular complexity index is 1300. The molecule has 0 amide bonds. The third-order valence-corrected chi connectivity index (χ3v) is 4.66. The van der Waals surface area contributed by atoms with Gasteiger partial charge in [-0.2, -0.15) is 36.4 Å². The molecule has 0 atom stereocenters. The largest absolute Gasteiger partial charge is 0.501 e. The molecule has 1 radical (unpaired) electrons. The van der Waals surface area contributed by atoms with Crippen molar-refractivity contribution in [2.45, 2.75) is 6.92 Å². The van der Waals surface area contributed by atoms with Crippen molar-refractivity contribution >= 4 is 21.9 Å². The van der Waals surface area contributed by atoms with Crippen LogP contribution in [0.4, 0.5) is 0 Å². The smallest absolute Gasteiger partial charge is 0.120 e. The SMILES string of the molecule is Cc1cccc(-c2[c-]ccc3c2oc2ccccc23)n1.[Ir].[c-]1ccccc1.c1ccncc1. The van der Waals surface area contributed by atoms with Crippen LogP contribution in [0.25, 0.3) is 33.2 Å². The Kier molecular flexibility index (Phi) is 9.07. The number of fused-ring (bicyclic) bond motifs is 3. The first-order valence-electron chi connectivity index (χ1n) is 10.3. The average molecular weight is 607 g/mol. The van der Waals surface area contributed by atoms with Gasteiger partial charge in [-0.15, -0.1) is 18.2 Å². The van der Waals surface area contributed by atoms with E-state index in [9.17, 15) is 0 Å². The van der Waals surface area contributed by atoms with Gasteiger partial charge in [0.1, 0.15) is 5.58 Å². The van der Waals surface area contributed by atoms with E-state index in [1.807, 2.05) is 104 Å². The molecule has 3 heterocycles. The van der Waals surface area contributed by atoms with E-state index in [2.05, 4.69) is 28.2 Å². The zero-order valence-electron chi connectivity index (χ0n) is 18.1. The first-order chi connectivity index (χ1) is 15.8. The van der Waals surface area contributed by atoms with Gasteiger partial charge in [-0.25, -0.2) is 0 Å². The van der Waals surface area contributed by atoms with Gasteiger partial charge in [-0.1, -0.05) is 47.3 Å². The number of pyridine rings is 2. The van der Waals surface area contributed by atoms with Crippen LogP contribution < -0.4 is 0 Å². The van der Waals surface area contributed by atoms with Gasteiger partial charge in [0.2, 0.25) is 0 Å². The van der Waals surface area contributed by atoms with E-state index in [1.165, 1.54) is 0 Å². The fourth-order valence-electron chi connectivity index (χ4n) is 3.22. The summed E-state index contributed by atoms with van der Waals surface area (Å²) >= 11 is 0. The summed E-state index contributed by atoms with van der Waals surface area (Å²) in [6, 6.07) is 39.5. The maximum absolute atomic E-state index is 6.01. The molecule has 33 heavy (non-hydrogen) atoms. The number of hydrogen-bond donors (Lipinski definition) is 0. The average Bonchev–Trinajstić information content (AvgIpc) is 3.26. The van der Waals surface area contributed by atoms with E-state index in [0.717, 1.165) is 38.9 Å². The van der Waals surface area contributed by atoms with Crippen LogP contribution in [0.2, 0.25) is 0 Å². The van der Waals surface area contributed by atoms with Crippen molar-refractivity contribution in [2.75, 3.05) is 0 Å². The molecule has 0 aliphatic carbocycles. The summed E-state index contributed by atoms with van der Waals surface area (Å²) in [5, 5.41) is 2.24. The van der Waals surface area contributed by atoms with Crippen molar-refractivity contribution in [3.05, 3.63) is 133 Å². The van der Waals surface area contributed by atoms with Crippen LogP contribution in [0.5, 0.6) is 0 Å². The molecule has 0 spiro atoms. The molecule has 0 fully saturated rings. The number of aromatic nitrogens is 2. The quantitative estimate of drug-likeness (QED) is 0.184. The van der Waals surface area contributed by atoms with E-state index in [4.69, 9.17) is 4.42 Å². The molecule has 0 saturated heterocycles. The fraction of sp³-hybridized carbons (Fsp3) is 0.0345. The first kappa shape index (κ1) is 24.1. The van der Waals surface area contributed by atoms with Gasteiger partial charge in [-0.05, 0) is 36.9 Å². The number of furan rings is 1. The molecule has 165 valence electrons. The van der Waals surface area contributed by atoms with Gasteiger partial charge in [0.25, 0.3) is 0 Å². The molecule has 0 unspecified atom stereocenters. The van der Waals surface area contributed by atoms with Crippen LogP contribution in [0.15, 0.2) is 120 Å². The Morgan fingerprint density at radius 2 is 1.45 bits per heavy atom. The molecule has 6 aromatic rings. The van der Waals surface area contributed by atoms with Crippen molar-refractivity contribution in [2.24, 2.45) is 0 Å². The molecular formula is C29H22IrN2O-2. The van der Waals surface area contributed by atoms with Gasteiger partial charge in [0.15, 0.2) is 0 Å². The maximum Gasteiger partial charge on any atom is 0.120 e. The third kappa shape index (κ3) is 6.45. The fourth-order valence-corrected chi connectivity index (χ4v) is 3.22. The molecule has 0 bridgehead atoms. The first-order valence-corrected chi connectivity index (χ1v) is 10.3. The Hall–Kier alpha value is -3.59. The summed E-state index contributed by atoms with van der Waals surface area (Å²) < 4.78 is 6.01. The molecule has 3 nitrogen and oxygen atoms in total. The number of aryl methyl sites for hydroxylation is 1. The summed E-state index contributed by atoms with van der Waals surface area (Å²) in [5.41, 5.74) is 4.56. The van der Waals surface area contributed by atoms with Crippen molar-refractivity contribution in [3.8, 4) is 11.3 Å². The Balaban J connectivity index is 0.000000194. The molecule has 0 saturated carbocycles. The molecule has 0 N–H and O–H groups in total. The molecular weight excluding hydrogens is 585 g/mol.